The third kappa shape index (κ3) is 4.23. The van der Waals surface area contributed by atoms with Crippen molar-refractivity contribution in [1.82, 2.24) is 0 Å². The largest absolute Gasteiger partial charge is 0.454 e. The van der Waals surface area contributed by atoms with Gasteiger partial charge in [0.15, 0.2) is 12.4 Å². The van der Waals surface area contributed by atoms with E-state index in [0.29, 0.717) is 24.1 Å². The first-order valence-corrected chi connectivity index (χ1v) is 10.7. The second-order valence-electron chi connectivity index (χ2n) is 7.77. The van der Waals surface area contributed by atoms with Gasteiger partial charge in [0, 0.05) is 10.0 Å². The molecule has 1 aliphatic heterocycles. The van der Waals surface area contributed by atoms with Gasteiger partial charge in [-0.25, -0.2) is 4.79 Å². The number of hydrogen-bond acceptors (Lipinski definition) is 5. The van der Waals surface area contributed by atoms with Crippen molar-refractivity contribution < 1.29 is 23.9 Å². The summed E-state index contributed by atoms with van der Waals surface area (Å²) in [6.07, 6.45) is 3.20. The van der Waals surface area contributed by atoms with Gasteiger partial charge in [-0.1, -0.05) is 39.7 Å². The summed E-state index contributed by atoms with van der Waals surface area (Å²) in [4.78, 5) is 51.2. The smallest absolute Gasteiger partial charge is 0.338 e. The van der Waals surface area contributed by atoms with Crippen molar-refractivity contribution in [3.05, 3.63) is 75.8 Å². The normalized spacial score (nSPS) is 20.3. The van der Waals surface area contributed by atoms with Crippen molar-refractivity contribution in [2.45, 2.75) is 19.8 Å². The number of esters is 1. The molecule has 1 fully saturated rings. The van der Waals surface area contributed by atoms with Gasteiger partial charge in [0.1, 0.15) is 0 Å². The molecular formula is C24H20BrNO5. The van der Waals surface area contributed by atoms with Gasteiger partial charge >= 0.3 is 5.97 Å². The van der Waals surface area contributed by atoms with E-state index >= 15 is 0 Å². The summed E-state index contributed by atoms with van der Waals surface area (Å²) in [6.45, 7) is 1.60. The lowest BCUT2D eigenvalue weighted by atomic mass is 9.82. The number of allylic oxidation sites excluding steroid dienone is 2. The number of hydrogen-bond donors (Lipinski definition) is 0. The number of ether oxygens (including phenoxy) is 1. The van der Waals surface area contributed by atoms with Gasteiger partial charge in [-0.3, -0.25) is 19.3 Å². The highest BCUT2D eigenvalue weighted by Crippen LogP contribution is 2.39. The molecule has 158 valence electrons. The number of ketones is 1. The fraction of sp³-hybridized carbons (Fsp3) is 0.250. The van der Waals surface area contributed by atoms with E-state index in [2.05, 4.69) is 15.9 Å². The Morgan fingerprint density at radius 1 is 0.968 bits per heavy atom. The third-order valence-corrected chi connectivity index (χ3v) is 6.21. The third-order valence-electron chi connectivity index (χ3n) is 5.68. The summed E-state index contributed by atoms with van der Waals surface area (Å²) >= 11 is 3.30. The van der Waals surface area contributed by atoms with Gasteiger partial charge in [0.25, 0.3) is 0 Å². The van der Waals surface area contributed by atoms with E-state index in [0.717, 1.165) is 10.0 Å². The van der Waals surface area contributed by atoms with Crippen molar-refractivity contribution in [1.29, 1.82) is 0 Å². The van der Waals surface area contributed by atoms with E-state index < -0.39 is 5.97 Å². The lowest BCUT2D eigenvalue weighted by molar-refractivity contribution is -0.122. The number of nitrogens with zero attached hydrogens (tertiary/aromatic N) is 1. The minimum atomic E-state index is -0.649. The number of rotatable bonds is 5. The molecule has 1 saturated heterocycles. The Morgan fingerprint density at radius 3 is 2.26 bits per heavy atom. The Hall–Kier alpha value is -3.06. The van der Waals surface area contributed by atoms with Crippen LogP contribution in [-0.2, 0) is 14.3 Å². The van der Waals surface area contributed by atoms with E-state index in [1.54, 1.807) is 36.4 Å². The minimum absolute atomic E-state index is 0.196. The van der Waals surface area contributed by atoms with Crippen molar-refractivity contribution >= 4 is 45.2 Å². The first-order valence-electron chi connectivity index (χ1n) is 9.94. The van der Waals surface area contributed by atoms with Crippen LogP contribution in [0.25, 0.3) is 0 Å². The monoisotopic (exact) mass is 481 g/mol. The molecule has 0 bridgehead atoms. The zero-order chi connectivity index (χ0) is 22.1. The predicted octanol–water partition coefficient (Wildman–Crippen LogP) is 4.33. The number of Topliss-reactive ketones (excluding diaryl/α,β-unsaturated/α-hetero) is 1. The summed E-state index contributed by atoms with van der Waals surface area (Å²) in [5.74, 6) is -1.98. The fourth-order valence-electron chi connectivity index (χ4n) is 3.97. The van der Waals surface area contributed by atoms with Crippen LogP contribution in [0.2, 0.25) is 0 Å². The molecule has 31 heavy (non-hydrogen) atoms. The highest BCUT2D eigenvalue weighted by atomic mass is 79.9. The maximum absolute atomic E-state index is 12.8. The van der Waals surface area contributed by atoms with Gasteiger partial charge in [-0.05, 0) is 56.2 Å². The molecule has 1 aliphatic carbocycles. The van der Waals surface area contributed by atoms with Crippen molar-refractivity contribution in [3.8, 4) is 0 Å². The second kappa shape index (κ2) is 8.59. The molecule has 0 spiro atoms. The number of halogens is 1. The van der Waals surface area contributed by atoms with Crippen LogP contribution < -0.4 is 4.90 Å². The molecule has 2 atom stereocenters. The van der Waals surface area contributed by atoms with E-state index in [9.17, 15) is 19.2 Å². The molecule has 1 heterocycles. The van der Waals surface area contributed by atoms with E-state index in [-0.39, 0.29) is 41.6 Å². The first kappa shape index (κ1) is 21.2. The van der Waals surface area contributed by atoms with Crippen LogP contribution in [0.15, 0.2) is 64.7 Å². The van der Waals surface area contributed by atoms with Crippen molar-refractivity contribution in [2.75, 3.05) is 11.5 Å². The number of imide groups is 1. The Morgan fingerprint density at radius 2 is 1.58 bits per heavy atom. The quantitative estimate of drug-likeness (QED) is 0.274. The molecule has 2 aliphatic rings. The molecule has 0 aromatic heterocycles. The van der Waals surface area contributed by atoms with Gasteiger partial charge in [0.05, 0.1) is 23.1 Å². The van der Waals surface area contributed by atoms with Crippen LogP contribution in [-0.4, -0.2) is 30.2 Å². The number of anilines is 1. The summed E-state index contributed by atoms with van der Waals surface area (Å²) in [5.41, 5.74) is 2.24. The SMILES string of the molecule is CC1=CC[C@H]2C(=O)N(c3ccc(C(=O)OCC(=O)c4ccc(Br)cc4)cc3)C(=O)[C@H]2C1. The predicted molar refractivity (Wildman–Crippen MR) is 118 cm³/mol. The minimum Gasteiger partial charge on any atom is -0.454 e. The number of amides is 2. The van der Waals surface area contributed by atoms with Gasteiger partial charge in [0.2, 0.25) is 11.8 Å². The van der Waals surface area contributed by atoms with E-state index in [1.165, 1.54) is 17.0 Å². The van der Waals surface area contributed by atoms with Gasteiger partial charge < -0.3 is 4.74 Å². The Labute approximate surface area is 188 Å². The average Bonchev–Trinajstić information content (AvgIpc) is 3.02. The lowest BCUT2D eigenvalue weighted by Gasteiger charge is -2.18. The standard InChI is InChI=1S/C24H20BrNO5/c1-14-2-11-19-20(12-14)23(29)26(22(19)28)18-9-5-16(6-10-18)24(30)31-13-21(27)15-3-7-17(25)8-4-15/h2-10,19-20H,11-13H2,1H3/t19-,20+/m1/s1. The average molecular weight is 482 g/mol. The van der Waals surface area contributed by atoms with Crippen LogP contribution in [0.1, 0.15) is 40.5 Å². The maximum atomic E-state index is 12.8. The Balaban J connectivity index is 1.40. The molecule has 2 aromatic rings. The number of carbonyl (C=O) groups excluding carboxylic acids is 4. The van der Waals surface area contributed by atoms with E-state index in [4.69, 9.17) is 4.74 Å². The van der Waals surface area contributed by atoms with Crippen molar-refractivity contribution in [3.63, 3.8) is 0 Å². The molecule has 0 unspecified atom stereocenters. The fourth-order valence-corrected chi connectivity index (χ4v) is 4.24. The molecule has 2 amide bonds. The molecule has 4 rings (SSSR count). The summed E-state index contributed by atoms with van der Waals surface area (Å²) in [6, 6.07) is 12.9. The zero-order valence-corrected chi connectivity index (χ0v) is 18.4. The van der Waals surface area contributed by atoms with Crippen LogP contribution in [0.4, 0.5) is 5.69 Å². The van der Waals surface area contributed by atoms with Gasteiger partial charge in [-0.2, -0.15) is 0 Å². The summed E-state index contributed by atoms with van der Waals surface area (Å²) < 4.78 is 5.97. The summed E-state index contributed by atoms with van der Waals surface area (Å²) in [7, 11) is 0. The maximum Gasteiger partial charge on any atom is 0.338 e. The first-order chi connectivity index (χ1) is 14.8. The van der Waals surface area contributed by atoms with Crippen molar-refractivity contribution in [2.24, 2.45) is 11.8 Å². The molecule has 0 N–H and O–H groups in total. The number of carbonyl (C=O) groups is 4. The topological polar surface area (TPSA) is 80.8 Å². The molecule has 0 radical (unpaired) electrons. The van der Waals surface area contributed by atoms with E-state index in [1.807, 2.05) is 13.0 Å². The lowest BCUT2D eigenvalue weighted by Crippen LogP contribution is -2.30. The number of benzene rings is 2. The molecule has 0 saturated carbocycles. The van der Waals surface area contributed by atoms with Crippen LogP contribution in [0, 0.1) is 11.8 Å². The Kier molecular flexibility index (Phi) is 5.87. The Bertz CT molecular complexity index is 1090. The van der Waals surface area contributed by atoms with Crippen LogP contribution in [0.5, 0.6) is 0 Å². The highest BCUT2D eigenvalue weighted by Gasteiger charge is 2.48. The highest BCUT2D eigenvalue weighted by molar-refractivity contribution is 9.10. The van der Waals surface area contributed by atoms with Gasteiger partial charge in [-0.15, -0.1) is 0 Å². The molecular weight excluding hydrogens is 462 g/mol. The second-order valence-corrected chi connectivity index (χ2v) is 8.68. The molecule has 2 aromatic carbocycles. The van der Waals surface area contributed by atoms with Crippen LogP contribution >= 0.6 is 15.9 Å². The molecule has 7 heteroatoms. The molecule has 6 nitrogen and oxygen atoms in total. The van der Waals surface area contributed by atoms with Crippen LogP contribution in [0.3, 0.4) is 0 Å². The summed E-state index contributed by atoms with van der Waals surface area (Å²) in [5, 5.41) is 0. The zero-order valence-electron chi connectivity index (χ0n) is 16.8. The number of fused-ring (bicyclic) bond motifs is 1.